The van der Waals surface area contributed by atoms with Gasteiger partial charge in [0.25, 0.3) is 0 Å². The number of nitrogens with two attached hydrogens (primary N) is 1. The highest BCUT2D eigenvalue weighted by atomic mass is 19.1. The Morgan fingerprint density at radius 2 is 1.72 bits per heavy atom. The summed E-state index contributed by atoms with van der Waals surface area (Å²) >= 11 is 0. The van der Waals surface area contributed by atoms with E-state index in [1.54, 1.807) is 12.1 Å². The Bertz CT molecular complexity index is 740. The number of rotatable bonds is 4. The average molecular weight is 342 g/mol. The molecule has 1 saturated heterocycles. The van der Waals surface area contributed by atoms with Crippen LogP contribution in [0.15, 0.2) is 36.4 Å². The molecule has 132 valence electrons. The molecule has 0 radical (unpaired) electrons. The first-order valence-electron chi connectivity index (χ1n) is 8.82. The number of hydrogen-bond acceptors (Lipinski definition) is 4. The third kappa shape index (κ3) is 3.71. The summed E-state index contributed by atoms with van der Waals surface area (Å²) in [5.74, 6) is 2.02. The lowest BCUT2D eigenvalue weighted by Crippen LogP contribution is -2.34. The minimum Gasteiger partial charge on any atom is -0.454 e. The first-order chi connectivity index (χ1) is 12.2. The number of hydrogen-bond donors (Lipinski definition) is 1. The lowest BCUT2D eigenvalue weighted by atomic mass is 9.90. The largest absolute Gasteiger partial charge is 0.454 e. The summed E-state index contributed by atoms with van der Waals surface area (Å²) < 4.78 is 23.8. The van der Waals surface area contributed by atoms with Crippen LogP contribution in [0.4, 0.5) is 10.1 Å². The van der Waals surface area contributed by atoms with Gasteiger partial charge in [0, 0.05) is 18.3 Å². The van der Waals surface area contributed by atoms with Crippen LogP contribution in [0.1, 0.15) is 24.0 Å². The van der Waals surface area contributed by atoms with E-state index in [2.05, 4.69) is 4.90 Å². The van der Waals surface area contributed by atoms with Crippen molar-refractivity contribution in [2.24, 2.45) is 5.92 Å². The maximum absolute atomic E-state index is 13.0. The van der Waals surface area contributed by atoms with Crippen molar-refractivity contribution in [1.82, 2.24) is 4.90 Å². The van der Waals surface area contributed by atoms with Gasteiger partial charge >= 0.3 is 0 Å². The van der Waals surface area contributed by atoms with Crippen molar-refractivity contribution >= 4 is 5.69 Å². The van der Waals surface area contributed by atoms with Crippen molar-refractivity contribution in [2.75, 3.05) is 25.6 Å². The van der Waals surface area contributed by atoms with Gasteiger partial charge < -0.3 is 15.2 Å². The molecule has 0 aliphatic carbocycles. The van der Waals surface area contributed by atoms with E-state index < -0.39 is 0 Å². The molecule has 5 heteroatoms. The van der Waals surface area contributed by atoms with Crippen LogP contribution in [0.25, 0.3) is 0 Å². The van der Waals surface area contributed by atoms with E-state index >= 15 is 0 Å². The number of nitrogens with zero attached hydrogens (tertiary/aromatic N) is 1. The zero-order valence-electron chi connectivity index (χ0n) is 14.2. The molecule has 0 aromatic heterocycles. The summed E-state index contributed by atoms with van der Waals surface area (Å²) in [6.07, 6.45) is 3.34. The van der Waals surface area contributed by atoms with E-state index in [0.29, 0.717) is 5.92 Å². The predicted octanol–water partition coefficient (Wildman–Crippen LogP) is 3.59. The molecule has 0 bridgehead atoms. The summed E-state index contributed by atoms with van der Waals surface area (Å²) in [6.45, 7) is 3.22. The molecular weight excluding hydrogens is 319 g/mol. The van der Waals surface area contributed by atoms with Crippen LogP contribution < -0.4 is 15.2 Å². The lowest BCUT2D eigenvalue weighted by molar-refractivity contribution is 0.172. The van der Waals surface area contributed by atoms with Gasteiger partial charge in [0.1, 0.15) is 5.82 Å². The van der Waals surface area contributed by atoms with Crippen LogP contribution in [0.2, 0.25) is 0 Å². The molecule has 0 unspecified atom stereocenters. The Morgan fingerprint density at radius 1 is 1.04 bits per heavy atom. The van der Waals surface area contributed by atoms with Gasteiger partial charge in [-0.15, -0.1) is 0 Å². The minimum atomic E-state index is -0.167. The van der Waals surface area contributed by atoms with Crippen molar-refractivity contribution in [3.63, 3.8) is 0 Å². The number of ether oxygens (including phenoxy) is 2. The Hall–Kier alpha value is -2.27. The van der Waals surface area contributed by atoms with Gasteiger partial charge in [0.05, 0.1) is 0 Å². The summed E-state index contributed by atoms with van der Waals surface area (Å²) in [4.78, 5) is 2.44. The first kappa shape index (κ1) is 16.2. The SMILES string of the molecule is Nc1cc2c(cc1CN1CCC(Cc3ccc(F)cc3)CC1)OCO2. The molecule has 2 aromatic rings. The topological polar surface area (TPSA) is 47.7 Å². The van der Waals surface area contributed by atoms with Gasteiger partial charge in [-0.25, -0.2) is 4.39 Å². The monoisotopic (exact) mass is 342 g/mol. The number of fused-ring (bicyclic) bond motifs is 1. The molecule has 4 nitrogen and oxygen atoms in total. The Balaban J connectivity index is 1.32. The van der Waals surface area contributed by atoms with Gasteiger partial charge in [0.15, 0.2) is 11.5 Å². The van der Waals surface area contributed by atoms with Gasteiger partial charge in [-0.2, -0.15) is 0 Å². The fraction of sp³-hybridized carbons (Fsp3) is 0.400. The van der Waals surface area contributed by atoms with Crippen LogP contribution >= 0.6 is 0 Å². The number of nitrogen functional groups attached to an aromatic ring is 1. The molecule has 25 heavy (non-hydrogen) atoms. The molecule has 0 spiro atoms. The highest BCUT2D eigenvalue weighted by molar-refractivity contribution is 5.58. The standard InChI is InChI=1S/C20H23FN2O2/c21-17-3-1-14(2-4-17)9-15-5-7-23(8-6-15)12-16-10-19-20(11-18(16)22)25-13-24-19/h1-4,10-11,15H,5-9,12-13,22H2. The summed E-state index contributed by atoms with van der Waals surface area (Å²) in [5.41, 5.74) is 9.24. The first-order valence-corrected chi connectivity index (χ1v) is 8.82. The third-order valence-electron chi connectivity index (χ3n) is 5.17. The molecule has 2 aromatic carbocycles. The Kier molecular flexibility index (Phi) is 4.49. The molecule has 2 heterocycles. The Morgan fingerprint density at radius 3 is 2.44 bits per heavy atom. The van der Waals surface area contributed by atoms with E-state index in [0.717, 1.165) is 61.6 Å². The average Bonchev–Trinajstić information content (AvgIpc) is 3.06. The van der Waals surface area contributed by atoms with Crippen molar-refractivity contribution in [3.8, 4) is 11.5 Å². The molecular formula is C20H23FN2O2. The molecule has 2 N–H and O–H groups in total. The van der Waals surface area contributed by atoms with Crippen molar-refractivity contribution in [1.29, 1.82) is 0 Å². The highest BCUT2D eigenvalue weighted by Gasteiger charge is 2.22. The normalized spacial score (nSPS) is 17.8. The van der Waals surface area contributed by atoms with Gasteiger partial charge in [-0.05, 0) is 67.6 Å². The summed E-state index contributed by atoms with van der Waals surface area (Å²) in [5, 5.41) is 0. The van der Waals surface area contributed by atoms with Crippen molar-refractivity contribution < 1.29 is 13.9 Å². The van der Waals surface area contributed by atoms with Gasteiger partial charge in [-0.1, -0.05) is 12.1 Å². The number of benzene rings is 2. The van der Waals surface area contributed by atoms with E-state index in [-0.39, 0.29) is 12.6 Å². The second-order valence-electron chi connectivity index (χ2n) is 6.95. The highest BCUT2D eigenvalue weighted by Crippen LogP contribution is 2.36. The van der Waals surface area contributed by atoms with Crippen LogP contribution in [-0.2, 0) is 13.0 Å². The van der Waals surface area contributed by atoms with E-state index in [9.17, 15) is 4.39 Å². The molecule has 1 fully saturated rings. The molecule has 2 aliphatic rings. The minimum absolute atomic E-state index is 0.167. The maximum Gasteiger partial charge on any atom is 0.231 e. The van der Waals surface area contributed by atoms with Crippen LogP contribution in [0.3, 0.4) is 0 Å². The zero-order valence-corrected chi connectivity index (χ0v) is 14.2. The Labute approximate surface area is 147 Å². The fourth-order valence-electron chi connectivity index (χ4n) is 3.68. The van der Waals surface area contributed by atoms with Gasteiger partial charge in [-0.3, -0.25) is 4.90 Å². The maximum atomic E-state index is 13.0. The van der Waals surface area contributed by atoms with Crippen LogP contribution in [-0.4, -0.2) is 24.8 Å². The lowest BCUT2D eigenvalue weighted by Gasteiger charge is -2.32. The smallest absolute Gasteiger partial charge is 0.231 e. The summed E-state index contributed by atoms with van der Waals surface area (Å²) in [6, 6.07) is 10.8. The van der Waals surface area contributed by atoms with Gasteiger partial charge in [0.2, 0.25) is 6.79 Å². The number of anilines is 1. The molecule has 0 atom stereocenters. The quantitative estimate of drug-likeness (QED) is 0.863. The van der Waals surface area contributed by atoms with Crippen molar-refractivity contribution in [3.05, 3.63) is 53.3 Å². The number of piperidine rings is 1. The van der Waals surface area contributed by atoms with E-state index in [4.69, 9.17) is 15.2 Å². The van der Waals surface area contributed by atoms with Crippen molar-refractivity contribution in [2.45, 2.75) is 25.8 Å². The molecule has 0 saturated carbocycles. The number of halogens is 1. The van der Waals surface area contributed by atoms with Crippen LogP contribution in [0, 0.1) is 11.7 Å². The fourth-order valence-corrected chi connectivity index (χ4v) is 3.68. The second kappa shape index (κ2) is 6.92. The van der Waals surface area contributed by atoms with Crippen LogP contribution in [0.5, 0.6) is 11.5 Å². The second-order valence-corrected chi connectivity index (χ2v) is 6.95. The third-order valence-corrected chi connectivity index (χ3v) is 5.17. The predicted molar refractivity (Wildman–Crippen MR) is 95.1 cm³/mol. The zero-order chi connectivity index (χ0) is 17.2. The molecule has 4 rings (SSSR count). The molecule has 0 amide bonds. The molecule has 2 aliphatic heterocycles. The summed E-state index contributed by atoms with van der Waals surface area (Å²) in [7, 11) is 0. The number of likely N-dealkylation sites (tertiary alicyclic amines) is 1. The van der Waals surface area contributed by atoms with E-state index in [1.165, 1.54) is 5.56 Å². The van der Waals surface area contributed by atoms with E-state index in [1.807, 2.05) is 24.3 Å².